The molecule has 0 bridgehead atoms. The summed E-state index contributed by atoms with van der Waals surface area (Å²) < 4.78 is 5.59. The molecule has 4 nitrogen and oxygen atoms in total. The van der Waals surface area contributed by atoms with Crippen LogP contribution >= 0.6 is 0 Å². The van der Waals surface area contributed by atoms with Gasteiger partial charge in [-0.05, 0) is 44.0 Å². The minimum atomic E-state index is -0.0734. The summed E-state index contributed by atoms with van der Waals surface area (Å²) in [5.74, 6) is 0.436. The van der Waals surface area contributed by atoms with Crippen molar-refractivity contribution in [2.45, 2.75) is 26.3 Å². The molecule has 118 valence electrons. The number of hydrogen-bond donors (Lipinski definition) is 0. The van der Waals surface area contributed by atoms with Crippen LogP contribution in [0.3, 0.4) is 0 Å². The number of ether oxygens (including phenoxy) is 1. The summed E-state index contributed by atoms with van der Waals surface area (Å²) in [5.41, 5.74) is 2.73. The van der Waals surface area contributed by atoms with Gasteiger partial charge >= 0.3 is 0 Å². The fourth-order valence-corrected chi connectivity index (χ4v) is 2.97. The zero-order valence-electron chi connectivity index (χ0n) is 13.3. The number of para-hydroxylation sites is 1. The third-order valence-electron chi connectivity index (χ3n) is 4.08. The number of rotatable bonds is 4. The van der Waals surface area contributed by atoms with Crippen LogP contribution < -0.4 is 9.64 Å². The lowest BCUT2D eigenvalue weighted by molar-refractivity contribution is -0.120. The van der Waals surface area contributed by atoms with E-state index in [4.69, 9.17) is 4.74 Å². The van der Waals surface area contributed by atoms with Gasteiger partial charge in [-0.1, -0.05) is 30.3 Å². The zero-order valence-corrected chi connectivity index (χ0v) is 13.3. The Morgan fingerprint density at radius 1 is 1.17 bits per heavy atom. The fraction of sp³-hybridized carbons (Fsp3) is 0.263. The average Bonchev–Trinajstić information content (AvgIpc) is 2.88. The van der Waals surface area contributed by atoms with Crippen LogP contribution in [0.15, 0.2) is 48.5 Å². The Bertz CT molecular complexity index is 754. The number of anilines is 1. The van der Waals surface area contributed by atoms with Crippen LogP contribution in [0.5, 0.6) is 5.75 Å². The van der Waals surface area contributed by atoms with Crippen molar-refractivity contribution in [2.75, 3.05) is 11.5 Å². The van der Waals surface area contributed by atoms with Crippen LogP contribution in [0.2, 0.25) is 0 Å². The van der Waals surface area contributed by atoms with Crippen LogP contribution in [-0.4, -0.2) is 24.3 Å². The van der Waals surface area contributed by atoms with E-state index in [2.05, 4.69) is 6.07 Å². The molecule has 0 aromatic heterocycles. The van der Waals surface area contributed by atoms with Crippen molar-refractivity contribution in [3.05, 3.63) is 59.7 Å². The monoisotopic (exact) mass is 309 g/mol. The summed E-state index contributed by atoms with van der Waals surface area (Å²) in [6.45, 7) is 3.50. The van der Waals surface area contributed by atoms with Gasteiger partial charge in [-0.25, -0.2) is 0 Å². The molecule has 0 saturated carbocycles. The summed E-state index contributed by atoms with van der Waals surface area (Å²) in [7, 11) is 0. The first-order valence-corrected chi connectivity index (χ1v) is 7.70. The van der Waals surface area contributed by atoms with Crippen molar-refractivity contribution in [3.63, 3.8) is 0 Å². The fourth-order valence-electron chi connectivity index (χ4n) is 2.97. The molecule has 0 spiro atoms. The number of ketones is 1. The smallest absolute Gasteiger partial charge is 0.265 e. The summed E-state index contributed by atoms with van der Waals surface area (Å²) in [4.78, 5) is 25.7. The molecule has 0 unspecified atom stereocenters. The van der Waals surface area contributed by atoms with E-state index in [1.807, 2.05) is 25.1 Å². The normalized spacial score (nSPS) is 16.1. The Hall–Kier alpha value is -2.62. The van der Waals surface area contributed by atoms with Crippen LogP contribution in [0.25, 0.3) is 0 Å². The van der Waals surface area contributed by atoms with Crippen molar-refractivity contribution in [1.29, 1.82) is 0 Å². The number of carbonyl (C=O) groups is 2. The summed E-state index contributed by atoms with van der Waals surface area (Å²) in [5, 5.41) is 0. The molecule has 3 rings (SSSR count). The van der Waals surface area contributed by atoms with E-state index in [9.17, 15) is 9.59 Å². The van der Waals surface area contributed by atoms with E-state index in [-0.39, 0.29) is 24.3 Å². The summed E-state index contributed by atoms with van der Waals surface area (Å²) in [6, 6.07) is 15.0. The van der Waals surface area contributed by atoms with E-state index in [1.54, 1.807) is 29.2 Å². The highest BCUT2D eigenvalue weighted by Crippen LogP contribution is 2.31. The van der Waals surface area contributed by atoms with Gasteiger partial charge in [0.15, 0.2) is 12.4 Å². The molecule has 0 radical (unpaired) electrons. The van der Waals surface area contributed by atoms with Gasteiger partial charge in [0.2, 0.25) is 0 Å². The molecule has 1 heterocycles. The molecule has 1 aliphatic heterocycles. The first-order valence-electron chi connectivity index (χ1n) is 7.70. The second-order valence-electron chi connectivity index (χ2n) is 5.82. The van der Waals surface area contributed by atoms with E-state index in [0.29, 0.717) is 11.3 Å². The molecule has 1 aliphatic rings. The van der Waals surface area contributed by atoms with Crippen molar-refractivity contribution in [1.82, 2.24) is 0 Å². The molecule has 1 amide bonds. The number of nitrogens with zero attached hydrogens (tertiary/aromatic N) is 1. The largest absolute Gasteiger partial charge is 0.484 e. The summed E-state index contributed by atoms with van der Waals surface area (Å²) in [6.07, 6.45) is 0.863. The van der Waals surface area contributed by atoms with E-state index >= 15 is 0 Å². The maximum atomic E-state index is 12.5. The quantitative estimate of drug-likeness (QED) is 0.815. The van der Waals surface area contributed by atoms with Crippen molar-refractivity contribution < 1.29 is 14.3 Å². The number of Topliss-reactive ketones (excluding diaryl/α,β-unsaturated/α-hetero) is 1. The average molecular weight is 309 g/mol. The number of fused-ring (bicyclic) bond motifs is 1. The van der Waals surface area contributed by atoms with Crippen molar-refractivity contribution in [2.24, 2.45) is 0 Å². The van der Waals surface area contributed by atoms with Crippen LogP contribution in [-0.2, 0) is 11.2 Å². The van der Waals surface area contributed by atoms with E-state index in [1.165, 1.54) is 12.5 Å². The molecule has 2 aromatic carbocycles. The van der Waals surface area contributed by atoms with Crippen molar-refractivity contribution in [3.8, 4) is 5.75 Å². The van der Waals surface area contributed by atoms with E-state index in [0.717, 1.165) is 12.1 Å². The lowest BCUT2D eigenvalue weighted by atomic mass is 10.1. The maximum absolute atomic E-state index is 12.5. The Morgan fingerprint density at radius 3 is 2.74 bits per heavy atom. The summed E-state index contributed by atoms with van der Waals surface area (Å²) >= 11 is 0. The van der Waals surface area contributed by atoms with Crippen LogP contribution in [0.4, 0.5) is 5.69 Å². The topological polar surface area (TPSA) is 46.6 Å². The molecule has 4 heteroatoms. The van der Waals surface area contributed by atoms with Gasteiger partial charge in [0, 0.05) is 17.3 Å². The predicted octanol–water partition coefficient (Wildman–Crippen LogP) is 3.25. The number of hydrogen-bond acceptors (Lipinski definition) is 3. The van der Waals surface area contributed by atoms with Gasteiger partial charge in [0.05, 0.1) is 0 Å². The zero-order chi connectivity index (χ0) is 16.4. The first-order chi connectivity index (χ1) is 11.1. The van der Waals surface area contributed by atoms with Gasteiger partial charge in [0.25, 0.3) is 5.91 Å². The highest BCUT2D eigenvalue weighted by Gasteiger charge is 2.30. The van der Waals surface area contributed by atoms with Crippen LogP contribution in [0, 0.1) is 0 Å². The Kier molecular flexibility index (Phi) is 4.15. The molecule has 0 saturated heterocycles. The standard InChI is InChI=1S/C19H19NO3/c1-13-10-16-6-3-4-9-18(16)20(13)19(22)12-23-17-8-5-7-15(11-17)14(2)21/h3-9,11,13H,10,12H2,1-2H3/t13-/m1/s1. The van der Waals surface area contributed by atoms with Gasteiger partial charge in [-0.15, -0.1) is 0 Å². The Balaban J connectivity index is 1.71. The van der Waals surface area contributed by atoms with Gasteiger partial charge in [-0.3, -0.25) is 9.59 Å². The van der Waals surface area contributed by atoms with Gasteiger partial charge < -0.3 is 9.64 Å². The molecule has 0 fully saturated rings. The molecular formula is C19H19NO3. The molecule has 2 aromatic rings. The first kappa shape index (κ1) is 15.3. The van der Waals surface area contributed by atoms with E-state index < -0.39 is 0 Å². The lowest BCUT2D eigenvalue weighted by Gasteiger charge is -2.22. The Labute approximate surface area is 135 Å². The SMILES string of the molecule is CC(=O)c1cccc(OCC(=O)N2c3ccccc3C[C@H]2C)c1. The molecule has 0 N–H and O–H groups in total. The van der Waals surface area contributed by atoms with Gasteiger partial charge in [0.1, 0.15) is 5.75 Å². The number of amides is 1. The third-order valence-corrected chi connectivity index (χ3v) is 4.08. The number of benzene rings is 2. The predicted molar refractivity (Wildman–Crippen MR) is 89.0 cm³/mol. The minimum Gasteiger partial charge on any atom is -0.484 e. The van der Waals surface area contributed by atoms with Crippen molar-refractivity contribution >= 4 is 17.4 Å². The number of carbonyl (C=O) groups excluding carboxylic acids is 2. The Morgan fingerprint density at radius 2 is 1.96 bits per heavy atom. The second-order valence-corrected chi connectivity index (χ2v) is 5.82. The molecular weight excluding hydrogens is 290 g/mol. The van der Waals surface area contributed by atoms with Crippen LogP contribution in [0.1, 0.15) is 29.8 Å². The second kappa shape index (κ2) is 6.24. The lowest BCUT2D eigenvalue weighted by Crippen LogP contribution is -2.39. The molecule has 0 aliphatic carbocycles. The maximum Gasteiger partial charge on any atom is 0.265 e. The van der Waals surface area contributed by atoms with Gasteiger partial charge in [-0.2, -0.15) is 0 Å². The molecule has 1 atom stereocenters. The third kappa shape index (κ3) is 3.11. The highest BCUT2D eigenvalue weighted by molar-refractivity contribution is 5.97. The minimum absolute atomic E-state index is 0.0242. The molecule has 23 heavy (non-hydrogen) atoms. The highest BCUT2D eigenvalue weighted by atomic mass is 16.5.